The maximum atomic E-state index is 9.37. The van der Waals surface area contributed by atoms with Gasteiger partial charge in [0.25, 0.3) is 0 Å². The van der Waals surface area contributed by atoms with Gasteiger partial charge in [-0.2, -0.15) is 0 Å². The SMILES string of the molecule is Cc1cc(C2=CCCC2)ccc1O. The van der Waals surface area contributed by atoms with Crippen LogP contribution in [0.3, 0.4) is 0 Å². The van der Waals surface area contributed by atoms with Gasteiger partial charge in [0.15, 0.2) is 0 Å². The van der Waals surface area contributed by atoms with Gasteiger partial charge in [-0.1, -0.05) is 12.1 Å². The van der Waals surface area contributed by atoms with E-state index in [0.717, 1.165) is 5.56 Å². The molecule has 68 valence electrons. The van der Waals surface area contributed by atoms with Crippen LogP contribution in [0, 0.1) is 6.92 Å². The van der Waals surface area contributed by atoms with E-state index < -0.39 is 0 Å². The van der Waals surface area contributed by atoms with Crippen molar-refractivity contribution < 1.29 is 5.11 Å². The van der Waals surface area contributed by atoms with Gasteiger partial charge in [-0.25, -0.2) is 0 Å². The molecule has 0 atom stereocenters. The van der Waals surface area contributed by atoms with Gasteiger partial charge in [0.05, 0.1) is 0 Å². The van der Waals surface area contributed by atoms with Gasteiger partial charge in [0, 0.05) is 0 Å². The molecule has 1 aromatic carbocycles. The zero-order valence-electron chi connectivity index (χ0n) is 7.88. The normalized spacial score (nSPS) is 15.9. The first-order valence-corrected chi connectivity index (χ1v) is 4.76. The fourth-order valence-electron chi connectivity index (χ4n) is 1.79. The fraction of sp³-hybridized carbons (Fsp3) is 0.333. The third kappa shape index (κ3) is 1.59. The van der Waals surface area contributed by atoms with Crippen molar-refractivity contribution in [1.82, 2.24) is 0 Å². The Labute approximate surface area is 78.7 Å². The molecule has 1 heteroatoms. The minimum absolute atomic E-state index is 0.391. The Bertz CT molecular complexity index is 350. The minimum atomic E-state index is 0.391. The first-order valence-electron chi connectivity index (χ1n) is 4.76. The molecule has 0 bridgehead atoms. The van der Waals surface area contributed by atoms with E-state index in [-0.39, 0.29) is 0 Å². The molecule has 0 saturated carbocycles. The highest BCUT2D eigenvalue weighted by Gasteiger charge is 2.07. The van der Waals surface area contributed by atoms with Crippen LogP contribution in [-0.4, -0.2) is 5.11 Å². The van der Waals surface area contributed by atoms with Crippen LogP contribution in [-0.2, 0) is 0 Å². The molecule has 2 rings (SSSR count). The van der Waals surface area contributed by atoms with Gasteiger partial charge in [0.1, 0.15) is 5.75 Å². The van der Waals surface area contributed by atoms with Crippen molar-refractivity contribution >= 4 is 5.57 Å². The first-order chi connectivity index (χ1) is 6.27. The Kier molecular flexibility index (Phi) is 2.09. The highest BCUT2D eigenvalue weighted by molar-refractivity contribution is 5.68. The summed E-state index contributed by atoms with van der Waals surface area (Å²) in [6.07, 6.45) is 5.96. The second kappa shape index (κ2) is 3.25. The highest BCUT2D eigenvalue weighted by Crippen LogP contribution is 2.29. The monoisotopic (exact) mass is 174 g/mol. The summed E-state index contributed by atoms with van der Waals surface area (Å²) in [5.74, 6) is 0.391. The lowest BCUT2D eigenvalue weighted by atomic mass is 10.0. The molecule has 1 aromatic rings. The number of aromatic hydroxyl groups is 1. The number of aryl methyl sites for hydroxylation is 1. The zero-order chi connectivity index (χ0) is 9.26. The smallest absolute Gasteiger partial charge is 0.118 e. The van der Waals surface area contributed by atoms with Crippen molar-refractivity contribution in [2.24, 2.45) is 0 Å². The molecule has 0 aromatic heterocycles. The van der Waals surface area contributed by atoms with Crippen LogP contribution >= 0.6 is 0 Å². The number of benzene rings is 1. The Hall–Kier alpha value is -1.24. The standard InChI is InChI=1S/C12H14O/c1-9-8-11(6-7-12(9)13)10-4-2-3-5-10/h4,6-8,13H,2-3,5H2,1H3. The highest BCUT2D eigenvalue weighted by atomic mass is 16.3. The lowest BCUT2D eigenvalue weighted by Gasteiger charge is -2.04. The summed E-state index contributed by atoms with van der Waals surface area (Å²) >= 11 is 0. The third-order valence-corrected chi connectivity index (χ3v) is 2.61. The Morgan fingerprint density at radius 1 is 1.31 bits per heavy atom. The van der Waals surface area contributed by atoms with E-state index in [1.54, 1.807) is 6.07 Å². The summed E-state index contributed by atoms with van der Waals surface area (Å²) in [5, 5.41) is 9.37. The van der Waals surface area contributed by atoms with Crippen molar-refractivity contribution in [1.29, 1.82) is 0 Å². The summed E-state index contributed by atoms with van der Waals surface area (Å²) in [7, 11) is 0. The summed E-state index contributed by atoms with van der Waals surface area (Å²) in [4.78, 5) is 0. The Morgan fingerprint density at radius 2 is 2.15 bits per heavy atom. The lowest BCUT2D eigenvalue weighted by molar-refractivity contribution is 0.471. The molecule has 0 amide bonds. The predicted molar refractivity (Wildman–Crippen MR) is 54.7 cm³/mol. The molecular weight excluding hydrogens is 160 g/mol. The molecule has 0 fully saturated rings. The summed E-state index contributed by atoms with van der Waals surface area (Å²) in [6.45, 7) is 1.94. The number of hydrogen-bond acceptors (Lipinski definition) is 1. The van der Waals surface area contributed by atoms with Gasteiger partial charge in [0.2, 0.25) is 0 Å². The number of phenolic OH excluding ortho intramolecular Hbond substituents is 1. The molecular formula is C12H14O. The largest absolute Gasteiger partial charge is 0.508 e. The van der Waals surface area contributed by atoms with Crippen molar-refractivity contribution in [3.63, 3.8) is 0 Å². The lowest BCUT2D eigenvalue weighted by Crippen LogP contribution is -1.82. The van der Waals surface area contributed by atoms with Crippen LogP contribution in [0.1, 0.15) is 30.4 Å². The van der Waals surface area contributed by atoms with Gasteiger partial charge < -0.3 is 5.11 Å². The van der Waals surface area contributed by atoms with Crippen molar-refractivity contribution in [3.8, 4) is 5.75 Å². The molecule has 0 unspecified atom stereocenters. The van der Waals surface area contributed by atoms with E-state index in [9.17, 15) is 5.11 Å². The maximum Gasteiger partial charge on any atom is 0.118 e. The van der Waals surface area contributed by atoms with Crippen LogP contribution in [0.5, 0.6) is 5.75 Å². The topological polar surface area (TPSA) is 20.2 Å². The van der Waals surface area contributed by atoms with E-state index in [1.807, 2.05) is 13.0 Å². The molecule has 0 radical (unpaired) electrons. The molecule has 0 spiro atoms. The summed E-state index contributed by atoms with van der Waals surface area (Å²) in [5.41, 5.74) is 3.67. The van der Waals surface area contributed by atoms with Gasteiger partial charge in [-0.05, 0) is 55.0 Å². The quantitative estimate of drug-likeness (QED) is 0.692. The number of rotatable bonds is 1. The average Bonchev–Trinajstić information content (AvgIpc) is 2.62. The van der Waals surface area contributed by atoms with E-state index in [1.165, 1.54) is 30.4 Å². The van der Waals surface area contributed by atoms with E-state index in [0.29, 0.717) is 5.75 Å². The Morgan fingerprint density at radius 3 is 2.77 bits per heavy atom. The van der Waals surface area contributed by atoms with Gasteiger partial charge >= 0.3 is 0 Å². The van der Waals surface area contributed by atoms with Crippen LogP contribution < -0.4 is 0 Å². The number of hydrogen-bond donors (Lipinski definition) is 1. The molecule has 0 heterocycles. The van der Waals surface area contributed by atoms with Crippen LogP contribution in [0.2, 0.25) is 0 Å². The van der Waals surface area contributed by atoms with Crippen molar-refractivity contribution in [2.45, 2.75) is 26.2 Å². The maximum absolute atomic E-state index is 9.37. The van der Waals surface area contributed by atoms with E-state index in [4.69, 9.17) is 0 Å². The fourth-order valence-corrected chi connectivity index (χ4v) is 1.79. The van der Waals surface area contributed by atoms with Crippen molar-refractivity contribution in [3.05, 3.63) is 35.4 Å². The number of phenols is 1. The summed E-state index contributed by atoms with van der Waals surface area (Å²) in [6, 6.07) is 5.84. The predicted octanol–water partition coefficient (Wildman–Crippen LogP) is 3.27. The number of allylic oxidation sites excluding steroid dienone is 2. The summed E-state index contributed by atoms with van der Waals surface area (Å²) < 4.78 is 0. The molecule has 1 aliphatic rings. The molecule has 13 heavy (non-hydrogen) atoms. The average molecular weight is 174 g/mol. The van der Waals surface area contributed by atoms with Crippen LogP contribution in [0.4, 0.5) is 0 Å². The molecule has 1 aliphatic carbocycles. The van der Waals surface area contributed by atoms with E-state index in [2.05, 4.69) is 12.1 Å². The molecule has 1 N–H and O–H groups in total. The van der Waals surface area contributed by atoms with Gasteiger partial charge in [-0.3, -0.25) is 0 Å². The van der Waals surface area contributed by atoms with Gasteiger partial charge in [-0.15, -0.1) is 0 Å². The Balaban J connectivity index is 2.36. The first kappa shape index (κ1) is 8.36. The molecule has 0 saturated heterocycles. The van der Waals surface area contributed by atoms with Crippen LogP contribution in [0.25, 0.3) is 5.57 Å². The zero-order valence-corrected chi connectivity index (χ0v) is 7.88. The van der Waals surface area contributed by atoms with Crippen LogP contribution in [0.15, 0.2) is 24.3 Å². The second-order valence-electron chi connectivity index (χ2n) is 3.62. The molecule has 1 nitrogen and oxygen atoms in total. The minimum Gasteiger partial charge on any atom is -0.508 e. The van der Waals surface area contributed by atoms with E-state index >= 15 is 0 Å². The molecule has 0 aliphatic heterocycles. The second-order valence-corrected chi connectivity index (χ2v) is 3.62. The van der Waals surface area contributed by atoms with Crippen molar-refractivity contribution in [2.75, 3.05) is 0 Å². The third-order valence-electron chi connectivity index (χ3n) is 2.61.